The lowest BCUT2D eigenvalue weighted by Crippen LogP contribution is -2.00. The predicted molar refractivity (Wildman–Crippen MR) is 66.1 cm³/mol. The molecule has 0 N–H and O–H groups in total. The number of unbranched alkanes of at least 4 members (excludes halogenated alkanes) is 1. The molecular weight excluding hydrogens is 256 g/mol. The number of rotatable bonds is 7. The summed E-state index contributed by atoms with van der Waals surface area (Å²) >= 11 is 3.39. The van der Waals surface area contributed by atoms with E-state index < -0.39 is 0 Å². The summed E-state index contributed by atoms with van der Waals surface area (Å²) in [6.07, 6.45) is 2.20. The Hall–Kier alpha value is -0.700. The van der Waals surface area contributed by atoms with Gasteiger partial charge in [0, 0.05) is 5.33 Å². The van der Waals surface area contributed by atoms with Gasteiger partial charge in [0.1, 0.15) is 0 Å². The Morgan fingerprint density at radius 3 is 2.33 bits per heavy atom. The van der Waals surface area contributed by atoms with Gasteiger partial charge in [0.15, 0.2) is 11.5 Å². The first kappa shape index (κ1) is 12.4. The van der Waals surface area contributed by atoms with E-state index in [9.17, 15) is 0 Å². The lowest BCUT2D eigenvalue weighted by Gasteiger charge is -2.10. The third-order valence-electron chi connectivity index (χ3n) is 1.93. The molecule has 0 spiro atoms. The standard InChI is InChI=1S/C12H17BrO2/c1-2-14-11-7-3-4-8-12(11)15-10-6-5-9-13/h3-4,7-8H,2,5-6,9-10H2,1H3. The Morgan fingerprint density at radius 1 is 1.07 bits per heavy atom. The van der Waals surface area contributed by atoms with E-state index in [-0.39, 0.29) is 0 Å². The van der Waals surface area contributed by atoms with Crippen LogP contribution in [0.25, 0.3) is 0 Å². The zero-order chi connectivity index (χ0) is 10.9. The van der Waals surface area contributed by atoms with E-state index in [2.05, 4.69) is 15.9 Å². The zero-order valence-corrected chi connectivity index (χ0v) is 10.6. The smallest absolute Gasteiger partial charge is 0.161 e. The van der Waals surface area contributed by atoms with Gasteiger partial charge in [-0.25, -0.2) is 0 Å². The first-order chi connectivity index (χ1) is 7.38. The Labute approximate surface area is 99.7 Å². The molecule has 3 heteroatoms. The lowest BCUT2D eigenvalue weighted by atomic mass is 10.3. The fraction of sp³-hybridized carbons (Fsp3) is 0.500. The van der Waals surface area contributed by atoms with E-state index in [4.69, 9.17) is 9.47 Å². The van der Waals surface area contributed by atoms with Crippen LogP contribution < -0.4 is 9.47 Å². The first-order valence-corrected chi connectivity index (χ1v) is 6.41. The summed E-state index contributed by atoms with van der Waals surface area (Å²) in [5.74, 6) is 1.67. The highest BCUT2D eigenvalue weighted by molar-refractivity contribution is 9.09. The van der Waals surface area contributed by atoms with Crippen LogP contribution >= 0.6 is 15.9 Å². The van der Waals surface area contributed by atoms with Crippen LogP contribution in [0.5, 0.6) is 11.5 Å². The van der Waals surface area contributed by atoms with Gasteiger partial charge in [-0.2, -0.15) is 0 Å². The highest BCUT2D eigenvalue weighted by Crippen LogP contribution is 2.26. The first-order valence-electron chi connectivity index (χ1n) is 5.29. The molecule has 0 aliphatic carbocycles. The van der Waals surface area contributed by atoms with Gasteiger partial charge in [0.2, 0.25) is 0 Å². The maximum Gasteiger partial charge on any atom is 0.161 e. The molecule has 2 nitrogen and oxygen atoms in total. The van der Waals surface area contributed by atoms with Crippen LogP contribution in [-0.2, 0) is 0 Å². The van der Waals surface area contributed by atoms with Crippen molar-refractivity contribution in [1.29, 1.82) is 0 Å². The number of hydrogen-bond acceptors (Lipinski definition) is 2. The quantitative estimate of drug-likeness (QED) is 0.557. The fourth-order valence-electron chi connectivity index (χ4n) is 1.22. The number of para-hydroxylation sites is 2. The zero-order valence-electron chi connectivity index (χ0n) is 9.04. The van der Waals surface area contributed by atoms with Crippen LogP contribution in [0.3, 0.4) is 0 Å². The molecule has 0 saturated carbocycles. The van der Waals surface area contributed by atoms with E-state index in [0.717, 1.165) is 36.3 Å². The maximum absolute atomic E-state index is 5.65. The van der Waals surface area contributed by atoms with Crippen molar-refractivity contribution in [2.24, 2.45) is 0 Å². The monoisotopic (exact) mass is 272 g/mol. The summed E-state index contributed by atoms with van der Waals surface area (Å²) in [6.45, 7) is 3.39. The fourth-order valence-corrected chi connectivity index (χ4v) is 1.62. The minimum atomic E-state index is 0.668. The molecule has 1 rings (SSSR count). The summed E-state index contributed by atoms with van der Waals surface area (Å²) < 4.78 is 11.1. The van der Waals surface area contributed by atoms with E-state index in [1.807, 2.05) is 31.2 Å². The molecule has 0 fully saturated rings. The molecule has 1 aromatic carbocycles. The Balaban J connectivity index is 2.44. The third kappa shape index (κ3) is 4.56. The normalized spacial score (nSPS) is 10.0. The molecule has 0 heterocycles. The van der Waals surface area contributed by atoms with Crippen LogP contribution in [0.15, 0.2) is 24.3 Å². The second kappa shape index (κ2) is 7.57. The van der Waals surface area contributed by atoms with Gasteiger partial charge in [0.05, 0.1) is 13.2 Å². The van der Waals surface area contributed by atoms with Gasteiger partial charge in [-0.1, -0.05) is 28.1 Å². The van der Waals surface area contributed by atoms with E-state index in [1.54, 1.807) is 0 Å². The van der Waals surface area contributed by atoms with Crippen molar-refractivity contribution in [1.82, 2.24) is 0 Å². The second-order valence-electron chi connectivity index (χ2n) is 3.12. The van der Waals surface area contributed by atoms with Crippen LogP contribution in [0.1, 0.15) is 19.8 Å². The van der Waals surface area contributed by atoms with Crippen molar-refractivity contribution in [2.45, 2.75) is 19.8 Å². The minimum absolute atomic E-state index is 0.668. The maximum atomic E-state index is 5.65. The highest BCUT2D eigenvalue weighted by atomic mass is 79.9. The van der Waals surface area contributed by atoms with E-state index >= 15 is 0 Å². The Morgan fingerprint density at radius 2 is 1.73 bits per heavy atom. The molecular formula is C12H17BrO2. The van der Waals surface area contributed by atoms with Crippen molar-refractivity contribution in [3.8, 4) is 11.5 Å². The summed E-state index contributed by atoms with van der Waals surface area (Å²) in [5.41, 5.74) is 0. The topological polar surface area (TPSA) is 18.5 Å². The molecule has 0 aliphatic heterocycles. The van der Waals surface area contributed by atoms with Gasteiger partial charge in [0.25, 0.3) is 0 Å². The molecule has 84 valence electrons. The van der Waals surface area contributed by atoms with Crippen molar-refractivity contribution in [3.63, 3.8) is 0 Å². The average Bonchev–Trinajstić information content (AvgIpc) is 2.27. The van der Waals surface area contributed by atoms with E-state index in [1.165, 1.54) is 0 Å². The molecule has 0 unspecified atom stereocenters. The minimum Gasteiger partial charge on any atom is -0.490 e. The molecule has 0 bridgehead atoms. The van der Waals surface area contributed by atoms with Crippen molar-refractivity contribution < 1.29 is 9.47 Å². The Kier molecular flexibility index (Phi) is 6.25. The third-order valence-corrected chi connectivity index (χ3v) is 2.50. The molecule has 0 amide bonds. The summed E-state index contributed by atoms with van der Waals surface area (Å²) in [4.78, 5) is 0. The number of halogens is 1. The number of hydrogen-bond donors (Lipinski definition) is 0. The number of benzene rings is 1. The molecule has 0 radical (unpaired) electrons. The molecule has 0 aromatic heterocycles. The van der Waals surface area contributed by atoms with Gasteiger partial charge in [-0.15, -0.1) is 0 Å². The number of alkyl halides is 1. The Bertz CT molecular complexity index is 276. The van der Waals surface area contributed by atoms with Gasteiger partial charge in [-0.05, 0) is 31.9 Å². The lowest BCUT2D eigenvalue weighted by molar-refractivity contribution is 0.273. The van der Waals surface area contributed by atoms with Gasteiger partial charge >= 0.3 is 0 Å². The SMILES string of the molecule is CCOc1ccccc1OCCCCBr. The molecule has 0 saturated heterocycles. The average molecular weight is 273 g/mol. The van der Waals surface area contributed by atoms with Crippen molar-refractivity contribution in [3.05, 3.63) is 24.3 Å². The van der Waals surface area contributed by atoms with Crippen LogP contribution in [0.2, 0.25) is 0 Å². The summed E-state index contributed by atoms with van der Waals surface area (Å²) in [5, 5.41) is 1.03. The second-order valence-corrected chi connectivity index (χ2v) is 3.92. The predicted octanol–water partition coefficient (Wildman–Crippen LogP) is 3.64. The highest BCUT2D eigenvalue weighted by Gasteiger charge is 2.02. The summed E-state index contributed by atoms with van der Waals surface area (Å²) in [6, 6.07) is 7.79. The molecule has 15 heavy (non-hydrogen) atoms. The van der Waals surface area contributed by atoms with Crippen LogP contribution in [-0.4, -0.2) is 18.5 Å². The van der Waals surface area contributed by atoms with Crippen LogP contribution in [0.4, 0.5) is 0 Å². The summed E-state index contributed by atoms with van der Waals surface area (Å²) in [7, 11) is 0. The molecule has 0 aliphatic rings. The van der Waals surface area contributed by atoms with Gasteiger partial charge < -0.3 is 9.47 Å². The molecule has 1 aromatic rings. The van der Waals surface area contributed by atoms with Gasteiger partial charge in [-0.3, -0.25) is 0 Å². The van der Waals surface area contributed by atoms with Crippen LogP contribution in [0, 0.1) is 0 Å². The number of ether oxygens (including phenoxy) is 2. The largest absolute Gasteiger partial charge is 0.490 e. The molecule has 0 atom stereocenters. The van der Waals surface area contributed by atoms with E-state index in [0.29, 0.717) is 6.61 Å². The van der Waals surface area contributed by atoms with Crippen molar-refractivity contribution >= 4 is 15.9 Å². The van der Waals surface area contributed by atoms with Crippen molar-refractivity contribution in [2.75, 3.05) is 18.5 Å².